The Labute approximate surface area is 255 Å². The van der Waals surface area contributed by atoms with Crippen molar-refractivity contribution >= 4 is 46.2 Å². The van der Waals surface area contributed by atoms with Crippen molar-refractivity contribution in [3.8, 4) is 29.9 Å². The average Bonchev–Trinajstić information content (AvgIpc) is 3.77. The van der Waals surface area contributed by atoms with Crippen molar-refractivity contribution in [2.24, 2.45) is 0 Å². The summed E-state index contributed by atoms with van der Waals surface area (Å²) < 4.78 is 16.5. The second kappa shape index (κ2) is 15.4. The topological polar surface area (TPSA) is 27.7 Å². The lowest BCUT2D eigenvalue weighted by Crippen LogP contribution is -2.10. The molecule has 2 aromatic carbocycles. The molecule has 3 aromatic heterocycles. The molecule has 5 rings (SSSR count). The summed E-state index contributed by atoms with van der Waals surface area (Å²) in [6, 6.07) is 30.9. The van der Waals surface area contributed by atoms with Crippen LogP contribution in [0, 0.1) is 6.92 Å². The van der Waals surface area contributed by atoms with E-state index in [2.05, 4.69) is 104 Å². The molecule has 0 aliphatic heterocycles. The lowest BCUT2D eigenvalue weighted by molar-refractivity contribution is 0.0176. The first-order valence-corrected chi connectivity index (χ1v) is 16.5. The number of ether oxygens (including phenoxy) is 3. The quantitative estimate of drug-likeness (QED) is 0.0884. The predicted octanol–water partition coefficient (Wildman–Crippen LogP) is 9.96. The molecule has 0 aliphatic rings. The van der Waals surface area contributed by atoms with Gasteiger partial charge in [0.15, 0.2) is 0 Å². The highest BCUT2D eigenvalue weighted by Gasteiger charge is 2.11. The Bertz CT molecular complexity index is 1510. The molecule has 3 heterocycles. The lowest BCUT2D eigenvalue weighted by Gasteiger charge is -2.05. The van der Waals surface area contributed by atoms with E-state index in [0.717, 1.165) is 13.0 Å². The minimum Gasteiger partial charge on any atom is -0.379 e. The van der Waals surface area contributed by atoms with Crippen LogP contribution in [0.5, 0.6) is 0 Å². The molecular formula is C35H36O3S3. The monoisotopic (exact) mass is 600 g/mol. The van der Waals surface area contributed by atoms with Gasteiger partial charge in [0.25, 0.3) is 0 Å². The van der Waals surface area contributed by atoms with Crippen LogP contribution in [0.3, 0.4) is 0 Å². The van der Waals surface area contributed by atoms with Crippen LogP contribution in [0.25, 0.3) is 42.1 Å². The van der Waals surface area contributed by atoms with Crippen LogP contribution in [0.1, 0.15) is 28.5 Å². The zero-order valence-corrected chi connectivity index (χ0v) is 26.1. The van der Waals surface area contributed by atoms with Crippen molar-refractivity contribution in [2.75, 3.05) is 39.6 Å². The van der Waals surface area contributed by atoms with Gasteiger partial charge in [-0.1, -0.05) is 66.2 Å². The smallest absolute Gasteiger partial charge is 0.0701 e. The summed E-state index contributed by atoms with van der Waals surface area (Å²) in [5, 5.41) is 0. The van der Waals surface area contributed by atoms with Crippen molar-refractivity contribution in [1.82, 2.24) is 0 Å². The highest BCUT2D eigenvalue weighted by atomic mass is 32.1. The maximum absolute atomic E-state index is 5.74. The van der Waals surface area contributed by atoms with Crippen LogP contribution in [0.4, 0.5) is 0 Å². The van der Waals surface area contributed by atoms with E-state index < -0.39 is 0 Å². The second-order valence-corrected chi connectivity index (χ2v) is 13.0. The SMILES string of the molecule is CCOCCOCCOCCc1ccc(-c2ccc(-c3ccc(-c4ccc(C=Cc5ccc(C)cc5)cc4)s3)s2)s1. The van der Waals surface area contributed by atoms with E-state index >= 15 is 0 Å². The van der Waals surface area contributed by atoms with Crippen LogP contribution in [0.15, 0.2) is 84.9 Å². The Hall–Kier alpha value is -2.84. The van der Waals surface area contributed by atoms with Crippen molar-refractivity contribution in [1.29, 1.82) is 0 Å². The molecule has 0 fully saturated rings. The summed E-state index contributed by atoms with van der Waals surface area (Å²) in [4.78, 5) is 7.91. The molecule has 0 aliphatic carbocycles. The molecule has 0 amide bonds. The normalized spacial score (nSPS) is 11.6. The fourth-order valence-corrected chi connectivity index (χ4v) is 7.45. The fraction of sp³-hybridized carbons (Fsp3) is 0.257. The number of aryl methyl sites for hydroxylation is 1. The first-order valence-electron chi connectivity index (χ1n) is 14.1. The third kappa shape index (κ3) is 8.82. The Morgan fingerprint density at radius 3 is 1.63 bits per heavy atom. The first kappa shape index (κ1) is 29.6. The summed E-state index contributed by atoms with van der Waals surface area (Å²) in [6.07, 6.45) is 5.27. The van der Waals surface area contributed by atoms with Gasteiger partial charge in [0.05, 0.1) is 33.0 Å². The summed E-state index contributed by atoms with van der Waals surface area (Å²) in [6.45, 7) is 8.06. The molecule has 3 nitrogen and oxygen atoms in total. The number of hydrogen-bond donors (Lipinski definition) is 0. The van der Waals surface area contributed by atoms with Gasteiger partial charge < -0.3 is 14.2 Å². The first-order chi connectivity index (χ1) is 20.2. The summed E-state index contributed by atoms with van der Waals surface area (Å²) >= 11 is 5.58. The van der Waals surface area contributed by atoms with Crippen molar-refractivity contribution < 1.29 is 14.2 Å². The van der Waals surface area contributed by atoms with Crippen LogP contribution >= 0.6 is 34.0 Å². The van der Waals surface area contributed by atoms with E-state index in [1.165, 1.54) is 51.5 Å². The lowest BCUT2D eigenvalue weighted by atomic mass is 10.1. The number of benzene rings is 2. The second-order valence-electron chi connectivity index (χ2n) is 9.63. The largest absolute Gasteiger partial charge is 0.379 e. The standard InChI is InChI=1S/C35H36O3S3/c1-3-36-22-23-38-25-24-37-21-20-30-14-15-32(39-30)33-18-19-35(41-33)34-17-16-31(40-34)29-12-10-28(11-13-29)9-8-27-6-4-26(2)5-7-27/h4-19H,3,20-25H2,1-2H3. The summed E-state index contributed by atoms with van der Waals surface area (Å²) in [7, 11) is 0. The van der Waals surface area contributed by atoms with E-state index in [4.69, 9.17) is 14.2 Å². The van der Waals surface area contributed by atoms with Crippen LogP contribution < -0.4 is 0 Å². The van der Waals surface area contributed by atoms with Gasteiger partial charge in [0, 0.05) is 42.3 Å². The van der Waals surface area contributed by atoms with Gasteiger partial charge in [-0.3, -0.25) is 0 Å². The average molecular weight is 601 g/mol. The molecule has 212 valence electrons. The molecule has 0 bridgehead atoms. The number of thiophene rings is 3. The van der Waals surface area contributed by atoms with Crippen molar-refractivity contribution in [3.05, 3.63) is 106 Å². The Morgan fingerprint density at radius 1 is 0.512 bits per heavy atom. The highest BCUT2D eigenvalue weighted by molar-refractivity contribution is 7.27. The minimum absolute atomic E-state index is 0.613. The maximum Gasteiger partial charge on any atom is 0.0701 e. The third-order valence-electron chi connectivity index (χ3n) is 6.54. The zero-order chi connectivity index (χ0) is 28.3. The maximum atomic E-state index is 5.74. The molecular weight excluding hydrogens is 565 g/mol. The molecule has 0 spiro atoms. The van der Waals surface area contributed by atoms with Crippen LogP contribution in [0.2, 0.25) is 0 Å². The molecule has 5 aromatic rings. The van der Waals surface area contributed by atoms with E-state index in [1.807, 2.05) is 40.9 Å². The molecule has 0 N–H and O–H groups in total. The Balaban J connectivity index is 1.12. The van der Waals surface area contributed by atoms with Gasteiger partial charge in [0.2, 0.25) is 0 Å². The molecule has 0 saturated heterocycles. The molecule has 0 radical (unpaired) electrons. The van der Waals surface area contributed by atoms with Crippen LogP contribution in [-0.2, 0) is 20.6 Å². The van der Waals surface area contributed by atoms with E-state index in [-0.39, 0.29) is 0 Å². The van der Waals surface area contributed by atoms with Crippen molar-refractivity contribution in [2.45, 2.75) is 20.3 Å². The number of hydrogen-bond acceptors (Lipinski definition) is 6. The van der Waals surface area contributed by atoms with E-state index in [0.29, 0.717) is 33.0 Å². The van der Waals surface area contributed by atoms with E-state index in [9.17, 15) is 0 Å². The van der Waals surface area contributed by atoms with Gasteiger partial charge in [-0.05, 0) is 66.9 Å². The Morgan fingerprint density at radius 2 is 1.00 bits per heavy atom. The van der Waals surface area contributed by atoms with Gasteiger partial charge in [0.1, 0.15) is 0 Å². The summed E-state index contributed by atoms with van der Waals surface area (Å²) in [5.74, 6) is 0. The molecule has 0 unspecified atom stereocenters. The molecule has 41 heavy (non-hydrogen) atoms. The zero-order valence-electron chi connectivity index (χ0n) is 23.6. The van der Waals surface area contributed by atoms with E-state index in [1.54, 1.807) is 0 Å². The Kier molecular flexibility index (Phi) is 11.1. The number of rotatable bonds is 15. The molecule has 0 atom stereocenters. The third-order valence-corrected chi connectivity index (χ3v) is 10.3. The minimum atomic E-state index is 0.613. The van der Waals surface area contributed by atoms with Crippen LogP contribution in [-0.4, -0.2) is 39.6 Å². The van der Waals surface area contributed by atoms with Gasteiger partial charge in [-0.25, -0.2) is 0 Å². The summed E-state index contributed by atoms with van der Waals surface area (Å²) in [5.41, 5.74) is 4.97. The molecule has 6 heteroatoms. The molecule has 0 saturated carbocycles. The predicted molar refractivity (Wildman–Crippen MR) is 178 cm³/mol. The van der Waals surface area contributed by atoms with Gasteiger partial charge in [-0.15, -0.1) is 34.0 Å². The fourth-order valence-electron chi connectivity index (χ4n) is 4.26. The highest BCUT2D eigenvalue weighted by Crippen LogP contribution is 2.41. The van der Waals surface area contributed by atoms with Gasteiger partial charge in [-0.2, -0.15) is 0 Å². The van der Waals surface area contributed by atoms with Gasteiger partial charge >= 0.3 is 0 Å². The van der Waals surface area contributed by atoms with Crippen molar-refractivity contribution in [3.63, 3.8) is 0 Å².